The number of nitrogens with two attached hydrogens (primary N) is 1. The molecule has 13 heteroatoms. The van der Waals surface area contributed by atoms with Gasteiger partial charge in [-0.1, -0.05) is 0 Å². The van der Waals surface area contributed by atoms with Gasteiger partial charge in [-0.2, -0.15) is 0 Å². The Morgan fingerprint density at radius 1 is 1.00 bits per heavy atom. The van der Waals surface area contributed by atoms with Crippen molar-refractivity contribution in [1.82, 2.24) is 5.32 Å². The fourth-order valence-corrected chi connectivity index (χ4v) is 2.90. The summed E-state index contributed by atoms with van der Waals surface area (Å²) in [6.07, 6.45) is -6.24. The van der Waals surface area contributed by atoms with Gasteiger partial charge in [-0.3, -0.25) is 24.0 Å². The Morgan fingerprint density at radius 3 is 2.00 bits per heavy atom. The Balaban J connectivity index is 3.35. The van der Waals surface area contributed by atoms with Crippen LogP contribution in [0.1, 0.15) is 34.6 Å². The minimum atomic E-state index is -1.44. The number of esters is 3. The van der Waals surface area contributed by atoms with Crippen LogP contribution >= 0.6 is 0 Å². The van der Waals surface area contributed by atoms with Crippen molar-refractivity contribution in [3.05, 3.63) is 0 Å². The number of carbonyl (C=O) groups excluding carboxylic acids is 4. The Kier molecular flexibility index (Phi) is 9.81. The number of ether oxygens (including phenoxy) is 5. The molecular weight excluding hydrogens is 420 g/mol. The summed E-state index contributed by atoms with van der Waals surface area (Å²) in [5.74, 6) is -4.07. The van der Waals surface area contributed by atoms with Crippen molar-refractivity contribution >= 4 is 29.8 Å². The Morgan fingerprint density at radius 2 is 1.55 bits per heavy atom. The smallest absolute Gasteiger partial charge is 0.323 e. The molecule has 0 aromatic carbocycles. The number of carboxylic acid groups (broad SMARTS) is 1. The van der Waals surface area contributed by atoms with Crippen molar-refractivity contribution in [2.24, 2.45) is 5.73 Å². The monoisotopic (exact) mass is 448 g/mol. The molecule has 1 aliphatic rings. The summed E-state index contributed by atoms with van der Waals surface area (Å²) in [4.78, 5) is 57.6. The van der Waals surface area contributed by atoms with Crippen molar-refractivity contribution in [2.75, 3.05) is 6.61 Å². The first-order valence-electron chi connectivity index (χ1n) is 9.37. The van der Waals surface area contributed by atoms with Crippen LogP contribution in [0.15, 0.2) is 0 Å². The van der Waals surface area contributed by atoms with Crippen molar-refractivity contribution in [3.8, 4) is 0 Å². The summed E-state index contributed by atoms with van der Waals surface area (Å²) in [5.41, 5.74) is 5.57. The summed E-state index contributed by atoms with van der Waals surface area (Å²) in [5, 5.41) is 11.6. The van der Waals surface area contributed by atoms with Gasteiger partial charge in [-0.15, -0.1) is 0 Å². The molecule has 0 saturated carbocycles. The molecular formula is C18H28N2O11. The number of amides is 1. The Labute approximate surface area is 178 Å². The molecule has 0 aromatic rings. The molecule has 0 bridgehead atoms. The Bertz CT molecular complexity index is 698. The molecule has 1 rings (SSSR count). The minimum Gasteiger partial charge on any atom is -0.480 e. The van der Waals surface area contributed by atoms with Crippen molar-refractivity contribution in [2.45, 2.75) is 77.4 Å². The highest BCUT2D eigenvalue weighted by atomic mass is 16.7. The third kappa shape index (κ3) is 8.11. The molecule has 176 valence electrons. The largest absolute Gasteiger partial charge is 0.480 e. The second kappa shape index (κ2) is 11.6. The van der Waals surface area contributed by atoms with E-state index in [1.54, 1.807) is 0 Å². The van der Waals surface area contributed by atoms with E-state index in [0.717, 1.165) is 20.8 Å². The molecule has 4 N–H and O–H groups in total. The van der Waals surface area contributed by atoms with Crippen LogP contribution in [0.25, 0.3) is 0 Å². The van der Waals surface area contributed by atoms with Crippen LogP contribution < -0.4 is 11.1 Å². The first-order valence-corrected chi connectivity index (χ1v) is 9.37. The number of hydrogen-bond acceptors (Lipinski definition) is 11. The van der Waals surface area contributed by atoms with Gasteiger partial charge < -0.3 is 39.8 Å². The van der Waals surface area contributed by atoms with E-state index in [1.165, 1.54) is 13.8 Å². The van der Waals surface area contributed by atoms with E-state index >= 15 is 0 Å². The number of aliphatic carboxylic acids is 1. The predicted molar refractivity (Wildman–Crippen MR) is 100 cm³/mol. The van der Waals surface area contributed by atoms with Crippen molar-refractivity contribution in [3.63, 3.8) is 0 Å². The van der Waals surface area contributed by atoms with E-state index in [9.17, 15) is 24.0 Å². The lowest BCUT2D eigenvalue weighted by molar-refractivity contribution is -0.287. The number of carbonyl (C=O) groups is 5. The normalized spacial score (nSPS) is 27.4. The summed E-state index contributed by atoms with van der Waals surface area (Å²) < 4.78 is 26.8. The molecule has 1 amide bonds. The molecule has 0 aliphatic carbocycles. The lowest BCUT2D eigenvalue weighted by atomic mass is 9.96. The van der Waals surface area contributed by atoms with Gasteiger partial charge in [-0.25, -0.2) is 0 Å². The topological polar surface area (TPSA) is 190 Å². The summed E-state index contributed by atoms with van der Waals surface area (Å²) in [7, 11) is 0. The maximum atomic E-state index is 11.8. The van der Waals surface area contributed by atoms with Crippen molar-refractivity contribution in [1.29, 1.82) is 0 Å². The van der Waals surface area contributed by atoms with Gasteiger partial charge >= 0.3 is 23.9 Å². The van der Waals surface area contributed by atoms with Crippen LogP contribution in [0.3, 0.4) is 0 Å². The van der Waals surface area contributed by atoms with Crippen molar-refractivity contribution < 1.29 is 52.8 Å². The van der Waals surface area contributed by atoms with Gasteiger partial charge in [0.15, 0.2) is 18.5 Å². The lowest BCUT2D eigenvalue weighted by Gasteiger charge is -2.45. The fraction of sp³-hybridized carbons (Fsp3) is 0.722. The van der Waals surface area contributed by atoms with Crippen LogP contribution in [0, 0.1) is 0 Å². The van der Waals surface area contributed by atoms with E-state index in [0.29, 0.717) is 0 Å². The first kappa shape index (κ1) is 26.3. The zero-order chi connectivity index (χ0) is 23.9. The zero-order valence-electron chi connectivity index (χ0n) is 17.9. The van der Waals surface area contributed by atoms with Gasteiger partial charge in [0, 0.05) is 27.7 Å². The third-order valence-corrected chi connectivity index (χ3v) is 4.21. The fourth-order valence-electron chi connectivity index (χ4n) is 2.90. The van der Waals surface area contributed by atoms with Gasteiger partial charge in [0.05, 0.1) is 6.10 Å². The zero-order valence-corrected chi connectivity index (χ0v) is 17.9. The van der Waals surface area contributed by atoms with E-state index in [1.807, 2.05) is 0 Å². The molecule has 0 spiro atoms. The van der Waals surface area contributed by atoms with Gasteiger partial charge in [0.25, 0.3) is 0 Å². The van der Waals surface area contributed by atoms with E-state index < -0.39 is 79.2 Å². The molecule has 1 saturated heterocycles. The van der Waals surface area contributed by atoms with Gasteiger partial charge in [0.2, 0.25) is 5.91 Å². The van der Waals surface area contributed by atoms with E-state index in [4.69, 9.17) is 34.5 Å². The molecule has 31 heavy (non-hydrogen) atoms. The first-order chi connectivity index (χ1) is 14.3. The van der Waals surface area contributed by atoms with Crippen LogP contribution in [-0.4, -0.2) is 84.3 Å². The van der Waals surface area contributed by atoms with Gasteiger partial charge in [0.1, 0.15) is 24.8 Å². The molecule has 1 heterocycles. The summed E-state index contributed by atoms with van der Waals surface area (Å²) >= 11 is 0. The second-order valence-corrected chi connectivity index (χ2v) is 6.93. The molecule has 0 radical (unpaired) electrons. The maximum absolute atomic E-state index is 11.8. The molecule has 7 atom stereocenters. The number of nitrogens with one attached hydrogen (secondary N) is 1. The van der Waals surface area contributed by atoms with E-state index in [2.05, 4.69) is 5.32 Å². The minimum absolute atomic E-state index is 0.406. The average Bonchev–Trinajstić information content (AvgIpc) is 2.62. The molecule has 0 aromatic heterocycles. The van der Waals surface area contributed by atoms with Crippen LogP contribution in [-0.2, 0) is 47.7 Å². The van der Waals surface area contributed by atoms with Crippen LogP contribution in [0.2, 0.25) is 0 Å². The second-order valence-electron chi connectivity index (χ2n) is 6.93. The van der Waals surface area contributed by atoms with E-state index in [-0.39, 0.29) is 0 Å². The SMILES string of the molecule is CC(=O)NC1C(OC(C)[C@H](N)C(=O)O)OC(COC(C)=O)C(OC(C)=O)C1OC(C)=O. The standard InChI is InChI=1S/C18H28N2O11/c1-7(13(19)17(25)26)28-18-14(20-8(2)21)16(30-11(5)24)15(29-10(4)23)12(31-18)6-27-9(3)22/h7,12-16,18H,6,19H2,1-5H3,(H,20,21)(H,25,26)/t7?,12?,13-,14?,15?,16?,18?/m0/s1. The predicted octanol–water partition coefficient (Wildman–Crippen LogP) is -1.54. The molecule has 6 unspecified atom stereocenters. The summed E-state index contributed by atoms with van der Waals surface area (Å²) in [6.45, 7) is 5.50. The number of hydrogen-bond donors (Lipinski definition) is 3. The maximum Gasteiger partial charge on any atom is 0.323 e. The number of carboxylic acids is 1. The highest BCUT2D eigenvalue weighted by Gasteiger charge is 2.52. The highest BCUT2D eigenvalue weighted by Crippen LogP contribution is 2.28. The average molecular weight is 448 g/mol. The molecule has 1 aliphatic heterocycles. The third-order valence-electron chi connectivity index (χ3n) is 4.21. The highest BCUT2D eigenvalue weighted by molar-refractivity contribution is 5.74. The van der Waals surface area contributed by atoms with Gasteiger partial charge in [-0.05, 0) is 6.92 Å². The Hall–Kier alpha value is -2.77. The number of rotatable bonds is 9. The van der Waals surface area contributed by atoms with Crippen LogP contribution in [0.4, 0.5) is 0 Å². The quantitative estimate of drug-likeness (QED) is 0.272. The molecule has 13 nitrogen and oxygen atoms in total. The summed E-state index contributed by atoms with van der Waals surface area (Å²) in [6, 6.07) is -2.64. The lowest BCUT2D eigenvalue weighted by Crippen LogP contribution is -2.67. The van der Waals surface area contributed by atoms with Crippen LogP contribution in [0.5, 0.6) is 0 Å². The molecule has 1 fully saturated rings.